The molecule has 1 atom stereocenters. The van der Waals surface area contributed by atoms with Crippen LogP contribution in [0.25, 0.3) is 5.57 Å². The van der Waals surface area contributed by atoms with Crippen LogP contribution in [0.3, 0.4) is 0 Å². The number of nitrogens with zero attached hydrogens (tertiary/aromatic N) is 1. The lowest BCUT2D eigenvalue weighted by Gasteiger charge is -2.39. The van der Waals surface area contributed by atoms with Gasteiger partial charge >= 0.3 is 5.69 Å². The zero-order chi connectivity index (χ0) is 22.0. The van der Waals surface area contributed by atoms with Gasteiger partial charge in [0, 0.05) is 16.8 Å². The first-order valence-corrected chi connectivity index (χ1v) is 9.79. The standard InChI is InChI=1S/C25H21FN2O3/c1-31-22-15-14-20(23(26)24(22)28(29)30)25(17-9-3-2-4-10-17)16-8-7-12-19(25)18-11-5-6-13-21(18)27/h2-15H,16,27H2,1H3. The van der Waals surface area contributed by atoms with Crippen molar-refractivity contribution in [2.75, 3.05) is 12.8 Å². The van der Waals surface area contributed by atoms with E-state index < -0.39 is 21.8 Å². The molecular formula is C25H21FN2O3. The third-order valence-electron chi connectivity index (χ3n) is 5.74. The fourth-order valence-corrected chi connectivity index (χ4v) is 4.34. The van der Waals surface area contributed by atoms with Crippen LogP contribution in [-0.2, 0) is 5.41 Å². The van der Waals surface area contributed by atoms with E-state index >= 15 is 4.39 Å². The number of hydrogen-bond donors (Lipinski definition) is 1. The minimum Gasteiger partial charge on any atom is -0.490 e. The maximum Gasteiger partial charge on any atom is 0.346 e. The van der Waals surface area contributed by atoms with Gasteiger partial charge in [0.25, 0.3) is 0 Å². The summed E-state index contributed by atoms with van der Waals surface area (Å²) in [5.74, 6) is -1.03. The van der Waals surface area contributed by atoms with Crippen molar-refractivity contribution in [2.45, 2.75) is 11.8 Å². The van der Waals surface area contributed by atoms with Gasteiger partial charge in [0.2, 0.25) is 5.82 Å². The molecule has 0 bridgehead atoms. The SMILES string of the molecule is COc1ccc(C2(c3ccccc3)CC=CC=C2c2ccccc2N)c(F)c1[N+](=O)[O-]. The second-order valence-electron chi connectivity index (χ2n) is 7.31. The van der Waals surface area contributed by atoms with E-state index in [2.05, 4.69) is 0 Å². The van der Waals surface area contributed by atoms with E-state index in [9.17, 15) is 10.1 Å². The van der Waals surface area contributed by atoms with E-state index in [0.717, 1.165) is 16.7 Å². The fourth-order valence-electron chi connectivity index (χ4n) is 4.34. The van der Waals surface area contributed by atoms with Crippen molar-refractivity contribution in [1.82, 2.24) is 0 Å². The summed E-state index contributed by atoms with van der Waals surface area (Å²) in [4.78, 5) is 11.0. The normalized spacial score (nSPS) is 17.8. The number of para-hydroxylation sites is 1. The monoisotopic (exact) mass is 416 g/mol. The second kappa shape index (κ2) is 8.07. The molecule has 4 rings (SSSR count). The van der Waals surface area contributed by atoms with Gasteiger partial charge in [-0.05, 0) is 29.7 Å². The van der Waals surface area contributed by atoms with Crippen LogP contribution in [-0.4, -0.2) is 12.0 Å². The molecule has 156 valence electrons. The Balaban J connectivity index is 2.09. The van der Waals surface area contributed by atoms with Crippen LogP contribution in [0.15, 0.2) is 85.0 Å². The molecule has 0 fully saturated rings. The number of rotatable bonds is 5. The number of nitrogen functional groups attached to an aromatic ring is 1. The van der Waals surface area contributed by atoms with Gasteiger partial charge in [0.1, 0.15) is 0 Å². The molecule has 6 heteroatoms. The van der Waals surface area contributed by atoms with Gasteiger partial charge in [-0.25, -0.2) is 0 Å². The van der Waals surface area contributed by atoms with Crippen molar-refractivity contribution in [2.24, 2.45) is 0 Å². The van der Waals surface area contributed by atoms with Gasteiger partial charge in [-0.2, -0.15) is 4.39 Å². The molecule has 1 aliphatic carbocycles. The molecule has 3 aromatic carbocycles. The summed E-state index contributed by atoms with van der Waals surface area (Å²) in [6, 6.07) is 19.8. The van der Waals surface area contributed by atoms with E-state index in [1.54, 1.807) is 12.1 Å². The highest BCUT2D eigenvalue weighted by Gasteiger charge is 2.43. The number of anilines is 1. The summed E-state index contributed by atoms with van der Waals surface area (Å²) in [7, 11) is 1.29. The molecule has 31 heavy (non-hydrogen) atoms. The van der Waals surface area contributed by atoms with Gasteiger partial charge in [-0.3, -0.25) is 10.1 Å². The summed E-state index contributed by atoms with van der Waals surface area (Å²) < 4.78 is 20.9. The summed E-state index contributed by atoms with van der Waals surface area (Å²) in [6.45, 7) is 0. The molecule has 0 saturated heterocycles. The van der Waals surface area contributed by atoms with E-state index in [-0.39, 0.29) is 11.3 Å². The third-order valence-corrected chi connectivity index (χ3v) is 5.74. The van der Waals surface area contributed by atoms with Crippen molar-refractivity contribution in [3.63, 3.8) is 0 Å². The molecule has 1 unspecified atom stereocenters. The molecule has 0 saturated carbocycles. The Labute approximate surface area is 179 Å². The number of hydrogen-bond acceptors (Lipinski definition) is 4. The first-order valence-electron chi connectivity index (χ1n) is 9.79. The van der Waals surface area contributed by atoms with Crippen molar-refractivity contribution in [3.8, 4) is 5.75 Å². The van der Waals surface area contributed by atoms with E-state index in [1.165, 1.54) is 13.2 Å². The maximum atomic E-state index is 15.9. The Kier molecular flexibility index (Phi) is 5.29. The second-order valence-corrected chi connectivity index (χ2v) is 7.31. The third kappa shape index (κ3) is 3.26. The maximum absolute atomic E-state index is 15.9. The first-order chi connectivity index (χ1) is 15.0. The lowest BCUT2D eigenvalue weighted by molar-refractivity contribution is -0.388. The van der Waals surface area contributed by atoms with Crippen LogP contribution in [0.1, 0.15) is 23.1 Å². The average Bonchev–Trinajstić information content (AvgIpc) is 2.79. The highest BCUT2D eigenvalue weighted by atomic mass is 19.1. The van der Waals surface area contributed by atoms with Crippen molar-refractivity contribution < 1.29 is 14.1 Å². The molecule has 3 aromatic rings. The molecule has 2 N–H and O–H groups in total. The number of nitrogens with two attached hydrogens (primary N) is 1. The Hall–Kier alpha value is -3.93. The number of allylic oxidation sites excluding steroid dienone is 4. The number of benzene rings is 3. The summed E-state index contributed by atoms with van der Waals surface area (Å²) in [6.07, 6.45) is 6.15. The van der Waals surface area contributed by atoms with Crippen LogP contribution in [0.5, 0.6) is 5.75 Å². The molecule has 1 aliphatic rings. The Morgan fingerprint density at radius 2 is 1.77 bits per heavy atom. The van der Waals surface area contributed by atoms with Crippen molar-refractivity contribution >= 4 is 16.9 Å². The number of nitro benzene ring substituents is 1. The minimum atomic E-state index is -1.01. The predicted octanol–water partition coefficient (Wildman–Crippen LogP) is 5.65. The number of methoxy groups -OCH3 is 1. The molecule has 5 nitrogen and oxygen atoms in total. The van der Waals surface area contributed by atoms with Gasteiger partial charge in [0.05, 0.1) is 17.4 Å². The molecule has 0 radical (unpaired) electrons. The van der Waals surface area contributed by atoms with Gasteiger partial charge < -0.3 is 10.5 Å². The van der Waals surface area contributed by atoms with E-state index in [0.29, 0.717) is 12.1 Å². The number of ether oxygens (including phenoxy) is 1. The largest absolute Gasteiger partial charge is 0.490 e. The molecular weight excluding hydrogens is 395 g/mol. The number of halogens is 1. The average molecular weight is 416 g/mol. The molecule has 0 amide bonds. The van der Waals surface area contributed by atoms with Crippen LogP contribution >= 0.6 is 0 Å². The Morgan fingerprint density at radius 3 is 2.45 bits per heavy atom. The number of nitro groups is 1. The summed E-state index contributed by atoms with van der Waals surface area (Å²) in [5.41, 5.74) is 7.71. The van der Waals surface area contributed by atoms with Crippen LogP contribution in [0, 0.1) is 15.9 Å². The highest BCUT2D eigenvalue weighted by Crippen LogP contribution is 2.52. The zero-order valence-electron chi connectivity index (χ0n) is 16.9. The summed E-state index contributed by atoms with van der Waals surface area (Å²) >= 11 is 0. The topological polar surface area (TPSA) is 78.4 Å². The summed E-state index contributed by atoms with van der Waals surface area (Å²) in [5, 5.41) is 11.7. The minimum absolute atomic E-state index is 0.120. The zero-order valence-corrected chi connectivity index (χ0v) is 16.9. The van der Waals surface area contributed by atoms with Crippen LogP contribution in [0.2, 0.25) is 0 Å². The lowest BCUT2D eigenvalue weighted by atomic mass is 9.63. The quantitative estimate of drug-likeness (QED) is 0.331. The fraction of sp³-hybridized carbons (Fsp3) is 0.120. The highest BCUT2D eigenvalue weighted by molar-refractivity contribution is 5.87. The van der Waals surface area contributed by atoms with Crippen LogP contribution < -0.4 is 10.5 Å². The Morgan fingerprint density at radius 1 is 1.06 bits per heavy atom. The molecule has 0 spiro atoms. The smallest absolute Gasteiger partial charge is 0.346 e. The van der Waals surface area contributed by atoms with Crippen molar-refractivity contribution in [1.29, 1.82) is 0 Å². The van der Waals surface area contributed by atoms with Crippen LogP contribution in [0.4, 0.5) is 15.8 Å². The molecule has 0 aromatic heterocycles. The first kappa shape index (κ1) is 20.3. The van der Waals surface area contributed by atoms with Gasteiger partial charge in [0.15, 0.2) is 5.75 Å². The van der Waals surface area contributed by atoms with E-state index in [1.807, 2.05) is 66.8 Å². The van der Waals surface area contributed by atoms with Gasteiger partial charge in [-0.1, -0.05) is 72.8 Å². The molecule has 0 heterocycles. The van der Waals surface area contributed by atoms with Crippen molar-refractivity contribution in [3.05, 3.63) is 118 Å². The van der Waals surface area contributed by atoms with Gasteiger partial charge in [-0.15, -0.1) is 0 Å². The molecule has 0 aliphatic heterocycles. The lowest BCUT2D eigenvalue weighted by Crippen LogP contribution is -2.32. The Bertz CT molecular complexity index is 1200. The predicted molar refractivity (Wildman–Crippen MR) is 119 cm³/mol. The van der Waals surface area contributed by atoms with E-state index in [4.69, 9.17) is 10.5 Å².